The average molecular weight is 320 g/mol. The van der Waals surface area contributed by atoms with Gasteiger partial charge in [-0.1, -0.05) is 0 Å². The summed E-state index contributed by atoms with van der Waals surface area (Å²) < 4.78 is 49.4. The van der Waals surface area contributed by atoms with Crippen LogP contribution in [-0.2, 0) is 0 Å². The van der Waals surface area contributed by atoms with E-state index >= 15 is 0 Å². The number of anilines is 1. The van der Waals surface area contributed by atoms with Crippen molar-refractivity contribution in [2.75, 3.05) is 5.73 Å². The molecule has 0 saturated carbocycles. The van der Waals surface area contributed by atoms with E-state index in [1.165, 1.54) is 0 Å². The Hall–Kier alpha value is -3.04. The summed E-state index contributed by atoms with van der Waals surface area (Å²) in [5.74, 6) is -6.98. The molecule has 0 aliphatic rings. The number of hydrogen-bond acceptors (Lipinski definition) is 5. The number of hydrogen-bond donors (Lipinski definition) is 3. The van der Waals surface area contributed by atoms with Crippen LogP contribution in [0.5, 0.6) is 11.5 Å². The van der Waals surface area contributed by atoms with Gasteiger partial charge < -0.3 is 15.9 Å². The summed E-state index contributed by atoms with van der Waals surface area (Å²) in [4.78, 5) is 9.05. The quantitative estimate of drug-likeness (QED) is 0.246. The predicted octanol–water partition coefficient (Wildman–Crippen LogP) is 2.83. The van der Waals surface area contributed by atoms with E-state index < -0.39 is 45.4 Å². The molecule has 6 nitrogen and oxygen atoms in total. The molecule has 2 aromatic rings. The highest BCUT2D eigenvalue weighted by Gasteiger charge is 2.15. The molecule has 0 spiro atoms. The number of benzene rings is 2. The molecular formula is C12H8F4N2O4. The molecule has 2 rings (SSSR count). The van der Waals surface area contributed by atoms with E-state index in [4.69, 9.17) is 15.9 Å². The number of nitrogens with zero attached hydrogens (tertiary/aromatic N) is 1. The Kier molecular flexibility index (Phi) is 5.11. The van der Waals surface area contributed by atoms with Gasteiger partial charge in [-0.2, -0.15) is 0 Å². The molecule has 118 valence electrons. The second-order valence-corrected chi connectivity index (χ2v) is 3.85. The number of nitro groups is 1. The third-order valence-electron chi connectivity index (χ3n) is 2.25. The minimum Gasteiger partial charge on any atom is -0.503 e. The van der Waals surface area contributed by atoms with Gasteiger partial charge in [0, 0.05) is 17.8 Å². The lowest BCUT2D eigenvalue weighted by Crippen LogP contribution is -1.91. The minimum absolute atomic E-state index is 0.0483. The molecule has 22 heavy (non-hydrogen) atoms. The van der Waals surface area contributed by atoms with E-state index in [0.717, 1.165) is 12.1 Å². The fourth-order valence-electron chi connectivity index (χ4n) is 1.24. The fourth-order valence-corrected chi connectivity index (χ4v) is 1.24. The Morgan fingerprint density at radius 1 is 0.864 bits per heavy atom. The van der Waals surface area contributed by atoms with Crippen molar-refractivity contribution in [3.8, 4) is 11.5 Å². The number of nitrogen functional groups attached to an aromatic ring is 1. The molecule has 0 fully saturated rings. The van der Waals surface area contributed by atoms with Crippen molar-refractivity contribution in [3.63, 3.8) is 0 Å². The Morgan fingerprint density at radius 2 is 1.18 bits per heavy atom. The van der Waals surface area contributed by atoms with Gasteiger partial charge in [0.2, 0.25) is 0 Å². The Morgan fingerprint density at radius 3 is 1.50 bits per heavy atom. The van der Waals surface area contributed by atoms with Gasteiger partial charge in [0.1, 0.15) is 0 Å². The van der Waals surface area contributed by atoms with E-state index in [1.54, 1.807) is 0 Å². The smallest absolute Gasteiger partial charge is 0.275 e. The minimum atomic E-state index is -1.35. The van der Waals surface area contributed by atoms with Gasteiger partial charge >= 0.3 is 0 Å². The number of phenols is 2. The number of nitrogens with two attached hydrogens (primary N) is 1. The van der Waals surface area contributed by atoms with Crippen molar-refractivity contribution in [1.82, 2.24) is 0 Å². The van der Waals surface area contributed by atoms with Crippen LogP contribution >= 0.6 is 0 Å². The normalized spacial score (nSPS) is 9.82. The van der Waals surface area contributed by atoms with Crippen molar-refractivity contribution in [3.05, 3.63) is 57.6 Å². The third-order valence-corrected chi connectivity index (χ3v) is 2.25. The lowest BCUT2D eigenvalue weighted by atomic mass is 10.3. The Balaban J connectivity index is 0.000000224. The van der Waals surface area contributed by atoms with Crippen LogP contribution in [0, 0.1) is 33.4 Å². The zero-order valence-corrected chi connectivity index (χ0v) is 10.6. The highest BCUT2D eigenvalue weighted by atomic mass is 19.1. The number of nitro benzene ring substituents is 1. The number of rotatable bonds is 1. The molecule has 0 aliphatic heterocycles. The number of non-ortho nitro benzene ring substituents is 1. The summed E-state index contributed by atoms with van der Waals surface area (Å²) in [5.41, 5.74) is 4.26. The standard InChI is InChI=1S/C6H3F2NO3.C6H5F2NO/c7-4-1-3(9(11)12)2-5(8)6(4)10;7-4-1-3(9)2-5(8)6(4)10/h1-2,10H;1-2,10H,9H2. The number of halogens is 4. The maximum atomic E-state index is 12.4. The third kappa shape index (κ3) is 3.98. The number of phenolic OH excluding ortho intramolecular Hbond substituents is 2. The number of aromatic hydroxyl groups is 2. The van der Waals surface area contributed by atoms with Gasteiger partial charge in [0.15, 0.2) is 34.8 Å². The molecule has 0 amide bonds. The van der Waals surface area contributed by atoms with Gasteiger partial charge in [-0.25, -0.2) is 17.6 Å². The summed E-state index contributed by atoms with van der Waals surface area (Å²) in [7, 11) is 0. The Labute approximate surface area is 120 Å². The second-order valence-electron chi connectivity index (χ2n) is 3.85. The van der Waals surface area contributed by atoms with Crippen molar-refractivity contribution in [2.45, 2.75) is 0 Å². The van der Waals surface area contributed by atoms with Gasteiger partial charge in [-0.05, 0) is 0 Å². The van der Waals surface area contributed by atoms with Crippen molar-refractivity contribution < 1.29 is 32.7 Å². The van der Waals surface area contributed by atoms with E-state index in [9.17, 15) is 27.7 Å². The topological polar surface area (TPSA) is 110 Å². The molecule has 0 bridgehead atoms. The van der Waals surface area contributed by atoms with Crippen LogP contribution < -0.4 is 5.73 Å². The van der Waals surface area contributed by atoms with Crippen LogP contribution in [0.1, 0.15) is 0 Å². The molecule has 0 heterocycles. The Bertz CT molecular complexity index is 678. The summed E-state index contributed by atoms with van der Waals surface area (Å²) >= 11 is 0. The van der Waals surface area contributed by atoms with Crippen LogP contribution in [0.3, 0.4) is 0 Å². The lowest BCUT2D eigenvalue weighted by molar-refractivity contribution is -0.385. The zero-order valence-electron chi connectivity index (χ0n) is 10.6. The van der Waals surface area contributed by atoms with E-state index in [2.05, 4.69) is 0 Å². The molecule has 0 aliphatic carbocycles. The molecule has 10 heteroatoms. The largest absolute Gasteiger partial charge is 0.503 e. The van der Waals surface area contributed by atoms with Crippen LogP contribution in [0.25, 0.3) is 0 Å². The second kappa shape index (κ2) is 6.61. The SMILES string of the molecule is Nc1cc(F)c(O)c(F)c1.O=[N+]([O-])c1cc(F)c(O)c(F)c1. The molecule has 4 N–H and O–H groups in total. The van der Waals surface area contributed by atoms with E-state index in [0.29, 0.717) is 12.1 Å². The summed E-state index contributed by atoms with van der Waals surface area (Å²) in [5, 5.41) is 27.1. The van der Waals surface area contributed by atoms with Crippen LogP contribution in [0.2, 0.25) is 0 Å². The molecule has 2 aromatic carbocycles. The average Bonchev–Trinajstić information content (AvgIpc) is 2.42. The van der Waals surface area contributed by atoms with Gasteiger partial charge in [-0.3, -0.25) is 10.1 Å². The molecule has 0 radical (unpaired) electrons. The summed E-state index contributed by atoms with van der Waals surface area (Å²) in [6.45, 7) is 0. The lowest BCUT2D eigenvalue weighted by Gasteiger charge is -1.97. The fraction of sp³-hybridized carbons (Fsp3) is 0. The van der Waals surface area contributed by atoms with E-state index in [1.807, 2.05) is 0 Å². The molecule has 0 saturated heterocycles. The van der Waals surface area contributed by atoms with E-state index in [-0.39, 0.29) is 5.69 Å². The van der Waals surface area contributed by atoms with Gasteiger partial charge in [0.25, 0.3) is 5.69 Å². The summed E-state index contributed by atoms with van der Waals surface area (Å²) in [6, 6.07) is 2.58. The van der Waals surface area contributed by atoms with Crippen LogP contribution in [0.15, 0.2) is 24.3 Å². The highest BCUT2D eigenvalue weighted by Crippen LogP contribution is 2.25. The highest BCUT2D eigenvalue weighted by molar-refractivity contribution is 5.43. The van der Waals surface area contributed by atoms with Gasteiger partial charge in [0.05, 0.1) is 17.1 Å². The first-order valence-corrected chi connectivity index (χ1v) is 5.39. The molecular weight excluding hydrogens is 312 g/mol. The van der Waals surface area contributed by atoms with Crippen LogP contribution in [-0.4, -0.2) is 15.1 Å². The van der Waals surface area contributed by atoms with Crippen molar-refractivity contribution in [2.24, 2.45) is 0 Å². The summed E-state index contributed by atoms with van der Waals surface area (Å²) in [6.07, 6.45) is 0. The zero-order chi connectivity index (χ0) is 17.0. The van der Waals surface area contributed by atoms with Crippen LogP contribution in [0.4, 0.5) is 28.9 Å². The first-order valence-electron chi connectivity index (χ1n) is 5.39. The van der Waals surface area contributed by atoms with Crippen molar-refractivity contribution in [1.29, 1.82) is 0 Å². The molecule has 0 aromatic heterocycles. The first-order chi connectivity index (χ1) is 10.1. The first kappa shape index (κ1) is 17.0. The molecule has 0 unspecified atom stereocenters. The van der Waals surface area contributed by atoms with Crippen molar-refractivity contribution >= 4 is 11.4 Å². The maximum absolute atomic E-state index is 12.4. The van der Waals surface area contributed by atoms with Gasteiger partial charge in [-0.15, -0.1) is 0 Å². The molecule has 0 atom stereocenters. The monoisotopic (exact) mass is 320 g/mol. The predicted molar refractivity (Wildman–Crippen MR) is 67.1 cm³/mol. The maximum Gasteiger partial charge on any atom is 0.275 e.